The van der Waals surface area contributed by atoms with Crippen molar-refractivity contribution in [2.24, 2.45) is 0 Å². The molecule has 0 bridgehead atoms. The van der Waals surface area contributed by atoms with Gasteiger partial charge >= 0.3 is 0 Å². The zero-order valence-electron chi connectivity index (χ0n) is 14.9. The Labute approximate surface area is 158 Å². The van der Waals surface area contributed by atoms with E-state index >= 15 is 0 Å². The Morgan fingerprint density at radius 3 is 2.46 bits per heavy atom. The molecule has 3 rings (SSSR count). The average Bonchev–Trinajstić information content (AvgIpc) is 2.61. The van der Waals surface area contributed by atoms with Crippen molar-refractivity contribution in [1.82, 2.24) is 15.5 Å². The highest BCUT2D eigenvalue weighted by molar-refractivity contribution is 7.80. The van der Waals surface area contributed by atoms with Crippen LogP contribution in [0.25, 0.3) is 0 Å². The van der Waals surface area contributed by atoms with Gasteiger partial charge in [-0.25, -0.2) is 0 Å². The first-order chi connectivity index (χ1) is 12.5. The standard InChI is InChI=1S/C20H21N3O2S/c1-13-17(19(24)23(2)3)18(22-20(26)21-13)14-8-7-11-16(12-14)25-15-9-5-4-6-10-15/h4-12,18H,1-3H3,(H2,21,22,26)/t18-/m0/s1. The summed E-state index contributed by atoms with van der Waals surface area (Å²) in [5.74, 6) is 1.40. The van der Waals surface area contributed by atoms with Gasteiger partial charge in [0.05, 0.1) is 11.6 Å². The number of benzene rings is 2. The lowest BCUT2D eigenvalue weighted by atomic mass is 9.94. The number of para-hydroxylation sites is 1. The largest absolute Gasteiger partial charge is 0.457 e. The van der Waals surface area contributed by atoms with Crippen molar-refractivity contribution in [3.8, 4) is 11.5 Å². The highest BCUT2D eigenvalue weighted by Crippen LogP contribution is 2.31. The number of hydrogen-bond donors (Lipinski definition) is 2. The molecule has 2 aromatic carbocycles. The summed E-state index contributed by atoms with van der Waals surface area (Å²) < 4.78 is 5.92. The topological polar surface area (TPSA) is 53.6 Å². The molecule has 0 aromatic heterocycles. The Kier molecular flexibility index (Phi) is 5.23. The Hall–Kier alpha value is -2.86. The Bertz CT molecular complexity index is 862. The zero-order valence-corrected chi connectivity index (χ0v) is 15.8. The molecule has 1 aliphatic rings. The molecule has 6 heteroatoms. The molecule has 1 atom stereocenters. The molecule has 1 amide bonds. The van der Waals surface area contributed by atoms with Gasteiger partial charge in [0.1, 0.15) is 11.5 Å². The lowest BCUT2D eigenvalue weighted by Gasteiger charge is -2.31. The quantitative estimate of drug-likeness (QED) is 0.812. The third-order valence-electron chi connectivity index (χ3n) is 4.08. The van der Waals surface area contributed by atoms with E-state index in [1.165, 1.54) is 0 Å². The van der Waals surface area contributed by atoms with E-state index in [4.69, 9.17) is 17.0 Å². The molecule has 0 fully saturated rings. The molecule has 0 spiro atoms. The number of rotatable bonds is 4. The number of allylic oxidation sites excluding steroid dienone is 1. The molecule has 0 aliphatic carbocycles. The van der Waals surface area contributed by atoms with Crippen LogP contribution in [0.5, 0.6) is 11.5 Å². The first kappa shape index (κ1) is 17.9. The average molecular weight is 367 g/mol. The molecule has 5 nitrogen and oxygen atoms in total. The minimum absolute atomic E-state index is 0.0654. The van der Waals surface area contributed by atoms with Gasteiger partial charge in [-0.15, -0.1) is 0 Å². The van der Waals surface area contributed by atoms with E-state index in [9.17, 15) is 4.79 Å². The summed E-state index contributed by atoms with van der Waals surface area (Å²) in [6.07, 6.45) is 0. The number of likely N-dealkylation sites (N-methyl/N-ethyl adjacent to an activating group) is 1. The zero-order chi connectivity index (χ0) is 18.7. The normalized spacial score (nSPS) is 16.6. The maximum atomic E-state index is 12.7. The number of amides is 1. The van der Waals surface area contributed by atoms with Gasteiger partial charge in [0, 0.05) is 19.8 Å². The van der Waals surface area contributed by atoms with E-state index in [1.807, 2.05) is 61.5 Å². The van der Waals surface area contributed by atoms with Crippen molar-refractivity contribution in [1.29, 1.82) is 0 Å². The predicted molar refractivity (Wildman–Crippen MR) is 106 cm³/mol. The van der Waals surface area contributed by atoms with E-state index in [0.29, 0.717) is 16.4 Å². The van der Waals surface area contributed by atoms with E-state index in [-0.39, 0.29) is 11.9 Å². The van der Waals surface area contributed by atoms with Crippen LogP contribution in [0.2, 0.25) is 0 Å². The highest BCUT2D eigenvalue weighted by atomic mass is 32.1. The molecule has 2 aromatic rings. The van der Waals surface area contributed by atoms with E-state index < -0.39 is 0 Å². The third kappa shape index (κ3) is 3.86. The minimum Gasteiger partial charge on any atom is -0.457 e. The van der Waals surface area contributed by atoms with Crippen molar-refractivity contribution < 1.29 is 9.53 Å². The van der Waals surface area contributed by atoms with Gasteiger partial charge in [0.15, 0.2) is 5.11 Å². The monoisotopic (exact) mass is 367 g/mol. The van der Waals surface area contributed by atoms with Gasteiger partial charge in [-0.1, -0.05) is 30.3 Å². The highest BCUT2D eigenvalue weighted by Gasteiger charge is 2.30. The predicted octanol–water partition coefficient (Wildman–Crippen LogP) is 3.36. The summed E-state index contributed by atoms with van der Waals surface area (Å²) in [6.45, 7) is 1.86. The molecule has 0 saturated heterocycles. The summed E-state index contributed by atoms with van der Waals surface area (Å²) in [6, 6.07) is 16.9. The molecular weight excluding hydrogens is 346 g/mol. The van der Waals surface area contributed by atoms with Gasteiger partial charge in [-0.2, -0.15) is 0 Å². The molecule has 0 saturated carbocycles. The van der Waals surface area contributed by atoms with Crippen LogP contribution in [-0.2, 0) is 4.79 Å². The Morgan fingerprint density at radius 2 is 1.77 bits per heavy atom. The van der Waals surface area contributed by atoms with E-state index in [1.54, 1.807) is 19.0 Å². The van der Waals surface area contributed by atoms with Crippen molar-refractivity contribution in [3.63, 3.8) is 0 Å². The van der Waals surface area contributed by atoms with Gasteiger partial charge in [-0.3, -0.25) is 4.79 Å². The van der Waals surface area contributed by atoms with Crippen LogP contribution in [0.4, 0.5) is 0 Å². The van der Waals surface area contributed by atoms with Crippen LogP contribution >= 0.6 is 12.2 Å². The fourth-order valence-electron chi connectivity index (χ4n) is 2.85. The van der Waals surface area contributed by atoms with E-state index in [0.717, 1.165) is 17.0 Å². The molecule has 134 valence electrons. The lowest BCUT2D eigenvalue weighted by Crippen LogP contribution is -2.46. The smallest absolute Gasteiger partial charge is 0.253 e. The first-order valence-corrected chi connectivity index (χ1v) is 8.69. The van der Waals surface area contributed by atoms with Crippen molar-refractivity contribution >= 4 is 23.2 Å². The summed E-state index contributed by atoms with van der Waals surface area (Å²) in [7, 11) is 3.48. The molecule has 1 heterocycles. The minimum atomic E-state index is -0.335. The molecule has 26 heavy (non-hydrogen) atoms. The van der Waals surface area contributed by atoms with Crippen LogP contribution in [0.15, 0.2) is 65.9 Å². The second-order valence-electron chi connectivity index (χ2n) is 6.26. The SMILES string of the molecule is CC1=C(C(=O)N(C)C)[C@H](c2cccc(Oc3ccccc3)c2)NC(=S)N1. The fraction of sp³-hybridized carbons (Fsp3) is 0.200. The fourth-order valence-corrected chi connectivity index (χ4v) is 3.12. The first-order valence-electron chi connectivity index (χ1n) is 8.28. The van der Waals surface area contributed by atoms with Crippen molar-refractivity contribution in [2.45, 2.75) is 13.0 Å². The van der Waals surface area contributed by atoms with Gasteiger partial charge in [-0.05, 0) is 49.0 Å². The molecular formula is C20H21N3O2S. The lowest BCUT2D eigenvalue weighted by molar-refractivity contribution is -0.125. The number of nitrogens with one attached hydrogen (secondary N) is 2. The maximum absolute atomic E-state index is 12.7. The Balaban J connectivity index is 1.96. The van der Waals surface area contributed by atoms with Crippen LogP contribution in [-0.4, -0.2) is 30.0 Å². The second kappa shape index (κ2) is 7.58. The summed E-state index contributed by atoms with van der Waals surface area (Å²) in [5, 5.41) is 6.74. The van der Waals surface area contributed by atoms with Crippen molar-refractivity contribution in [3.05, 3.63) is 71.4 Å². The number of carbonyl (C=O) groups is 1. The van der Waals surface area contributed by atoms with E-state index in [2.05, 4.69) is 10.6 Å². The maximum Gasteiger partial charge on any atom is 0.253 e. The summed E-state index contributed by atoms with van der Waals surface area (Å²) in [5.41, 5.74) is 2.30. The number of ether oxygens (including phenoxy) is 1. The summed E-state index contributed by atoms with van der Waals surface area (Å²) >= 11 is 5.29. The van der Waals surface area contributed by atoms with Crippen LogP contribution in [0, 0.1) is 0 Å². The number of nitrogens with zero attached hydrogens (tertiary/aromatic N) is 1. The van der Waals surface area contributed by atoms with Gasteiger partial charge in [0.2, 0.25) is 0 Å². The molecule has 0 radical (unpaired) electrons. The Morgan fingerprint density at radius 1 is 1.08 bits per heavy atom. The molecule has 0 unspecified atom stereocenters. The molecule has 2 N–H and O–H groups in total. The van der Waals surface area contributed by atoms with Gasteiger partial charge < -0.3 is 20.3 Å². The van der Waals surface area contributed by atoms with Crippen LogP contribution in [0.1, 0.15) is 18.5 Å². The number of thiocarbonyl (C=S) groups is 1. The number of hydrogen-bond acceptors (Lipinski definition) is 3. The van der Waals surface area contributed by atoms with Crippen LogP contribution < -0.4 is 15.4 Å². The molecule has 1 aliphatic heterocycles. The van der Waals surface area contributed by atoms with Gasteiger partial charge in [0.25, 0.3) is 5.91 Å². The van der Waals surface area contributed by atoms with Crippen molar-refractivity contribution in [2.75, 3.05) is 14.1 Å². The summed E-state index contributed by atoms with van der Waals surface area (Å²) in [4.78, 5) is 14.3. The van der Waals surface area contributed by atoms with Crippen LogP contribution in [0.3, 0.4) is 0 Å². The number of carbonyl (C=O) groups excluding carboxylic acids is 1. The second-order valence-corrected chi connectivity index (χ2v) is 6.67. The third-order valence-corrected chi connectivity index (χ3v) is 4.30.